The number of ether oxygens (including phenoxy) is 1. The first kappa shape index (κ1) is 12.8. The molecular formula is C14H21NO. The number of para-hydroxylation sites is 1. The maximum absolute atomic E-state index is 5.72. The normalized spacial score (nSPS) is 11.6. The van der Waals surface area contributed by atoms with Crippen LogP contribution < -0.4 is 10.5 Å². The highest BCUT2D eigenvalue weighted by Crippen LogP contribution is 2.25. The SMILES string of the molecule is CCCOc1ccccc1/C(C)=C/CCN. The smallest absolute Gasteiger partial charge is 0.126 e. The molecule has 0 radical (unpaired) electrons. The number of hydrogen-bond donors (Lipinski definition) is 1. The third-order valence-electron chi connectivity index (χ3n) is 2.39. The van der Waals surface area contributed by atoms with E-state index in [0.717, 1.165) is 25.2 Å². The highest BCUT2D eigenvalue weighted by atomic mass is 16.5. The third-order valence-corrected chi connectivity index (χ3v) is 2.39. The van der Waals surface area contributed by atoms with Gasteiger partial charge in [0, 0.05) is 5.56 Å². The summed E-state index contributed by atoms with van der Waals surface area (Å²) in [6.45, 7) is 5.67. The lowest BCUT2D eigenvalue weighted by Gasteiger charge is -2.11. The Balaban J connectivity index is 2.84. The first-order chi connectivity index (χ1) is 7.79. The maximum Gasteiger partial charge on any atom is 0.126 e. The van der Waals surface area contributed by atoms with E-state index in [0.29, 0.717) is 6.54 Å². The molecule has 16 heavy (non-hydrogen) atoms. The molecule has 0 fully saturated rings. The van der Waals surface area contributed by atoms with Gasteiger partial charge in [-0.1, -0.05) is 31.2 Å². The molecule has 88 valence electrons. The van der Waals surface area contributed by atoms with Gasteiger partial charge in [-0.2, -0.15) is 0 Å². The molecule has 0 saturated carbocycles. The molecule has 0 aliphatic rings. The lowest BCUT2D eigenvalue weighted by Crippen LogP contribution is -1.99. The van der Waals surface area contributed by atoms with Crippen molar-refractivity contribution in [3.05, 3.63) is 35.9 Å². The number of rotatable bonds is 6. The minimum Gasteiger partial charge on any atom is -0.493 e. The van der Waals surface area contributed by atoms with Gasteiger partial charge in [0.25, 0.3) is 0 Å². The van der Waals surface area contributed by atoms with Crippen molar-refractivity contribution in [1.29, 1.82) is 0 Å². The van der Waals surface area contributed by atoms with Crippen LogP contribution in [0.1, 0.15) is 32.3 Å². The summed E-state index contributed by atoms with van der Waals surface area (Å²) in [6.07, 6.45) is 4.10. The van der Waals surface area contributed by atoms with E-state index in [-0.39, 0.29) is 0 Å². The summed E-state index contributed by atoms with van der Waals surface area (Å²) in [5.74, 6) is 0.968. The van der Waals surface area contributed by atoms with E-state index in [1.54, 1.807) is 0 Å². The lowest BCUT2D eigenvalue weighted by molar-refractivity contribution is 0.316. The molecule has 2 N–H and O–H groups in total. The molecule has 1 rings (SSSR count). The van der Waals surface area contributed by atoms with Gasteiger partial charge in [-0.25, -0.2) is 0 Å². The lowest BCUT2D eigenvalue weighted by atomic mass is 10.1. The van der Waals surface area contributed by atoms with Crippen LogP contribution in [0.5, 0.6) is 5.75 Å². The first-order valence-corrected chi connectivity index (χ1v) is 5.88. The molecule has 0 saturated heterocycles. The maximum atomic E-state index is 5.72. The summed E-state index contributed by atoms with van der Waals surface area (Å²) in [6, 6.07) is 8.15. The molecule has 0 heterocycles. The van der Waals surface area contributed by atoms with Gasteiger partial charge in [0.1, 0.15) is 5.75 Å². The molecule has 0 aliphatic heterocycles. The predicted molar refractivity (Wildman–Crippen MR) is 69.6 cm³/mol. The molecule has 0 aliphatic carbocycles. The van der Waals surface area contributed by atoms with Crippen molar-refractivity contribution in [3.8, 4) is 5.75 Å². The Labute approximate surface area is 98.1 Å². The minimum atomic E-state index is 0.690. The van der Waals surface area contributed by atoms with Gasteiger partial charge in [0.15, 0.2) is 0 Å². The van der Waals surface area contributed by atoms with E-state index in [4.69, 9.17) is 10.5 Å². The van der Waals surface area contributed by atoms with Gasteiger partial charge in [0.05, 0.1) is 6.61 Å². The van der Waals surface area contributed by atoms with Crippen LogP contribution in [-0.2, 0) is 0 Å². The Bertz CT molecular complexity index is 344. The van der Waals surface area contributed by atoms with Gasteiger partial charge in [-0.3, -0.25) is 0 Å². The van der Waals surface area contributed by atoms with Gasteiger partial charge >= 0.3 is 0 Å². The molecule has 0 bridgehead atoms. The summed E-state index contributed by atoms with van der Waals surface area (Å²) in [5, 5.41) is 0. The molecule has 0 aromatic heterocycles. The second kappa shape index (κ2) is 7.07. The highest BCUT2D eigenvalue weighted by Gasteiger charge is 2.03. The molecule has 0 atom stereocenters. The van der Waals surface area contributed by atoms with Gasteiger partial charge in [-0.15, -0.1) is 0 Å². The fourth-order valence-electron chi connectivity index (χ4n) is 1.54. The topological polar surface area (TPSA) is 35.2 Å². The average molecular weight is 219 g/mol. The van der Waals surface area contributed by atoms with Gasteiger partial charge < -0.3 is 10.5 Å². The van der Waals surface area contributed by atoms with E-state index in [9.17, 15) is 0 Å². The Morgan fingerprint density at radius 3 is 2.81 bits per heavy atom. The first-order valence-electron chi connectivity index (χ1n) is 5.88. The van der Waals surface area contributed by atoms with E-state index < -0.39 is 0 Å². The second-order valence-corrected chi connectivity index (χ2v) is 3.81. The Morgan fingerprint density at radius 2 is 2.12 bits per heavy atom. The summed E-state index contributed by atoms with van der Waals surface area (Å²) in [4.78, 5) is 0. The fourth-order valence-corrected chi connectivity index (χ4v) is 1.54. The van der Waals surface area contributed by atoms with E-state index in [1.165, 1.54) is 11.1 Å². The number of benzene rings is 1. The number of nitrogens with two attached hydrogens (primary N) is 1. The zero-order valence-electron chi connectivity index (χ0n) is 10.2. The van der Waals surface area contributed by atoms with Crippen molar-refractivity contribution in [2.24, 2.45) is 5.73 Å². The third kappa shape index (κ3) is 3.70. The van der Waals surface area contributed by atoms with Crippen LogP contribution >= 0.6 is 0 Å². The van der Waals surface area contributed by atoms with Crippen LogP contribution in [0, 0.1) is 0 Å². The zero-order chi connectivity index (χ0) is 11.8. The summed E-state index contributed by atoms with van der Waals surface area (Å²) >= 11 is 0. The molecule has 1 aromatic carbocycles. The minimum absolute atomic E-state index is 0.690. The van der Waals surface area contributed by atoms with Crippen molar-refractivity contribution in [2.75, 3.05) is 13.2 Å². The van der Waals surface area contributed by atoms with Crippen molar-refractivity contribution in [1.82, 2.24) is 0 Å². The van der Waals surface area contributed by atoms with Crippen LogP contribution in [0.3, 0.4) is 0 Å². The van der Waals surface area contributed by atoms with Crippen LogP contribution in [0.2, 0.25) is 0 Å². The van der Waals surface area contributed by atoms with Crippen LogP contribution in [0.25, 0.3) is 5.57 Å². The fraction of sp³-hybridized carbons (Fsp3) is 0.429. The van der Waals surface area contributed by atoms with Gasteiger partial charge in [0.2, 0.25) is 0 Å². The van der Waals surface area contributed by atoms with Crippen molar-refractivity contribution in [2.45, 2.75) is 26.7 Å². The van der Waals surface area contributed by atoms with Crippen LogP contribution in [0.4, 0.5) is 0 Å². The number of hydrogen-bond acceptors (Lipinski definition) is 2. The quantitative estimate of drug-likeness (QED) is 0.797. The van der Waals surface area contributed by atoms with E-state index in [2.05, 4.69) is 26.0 Å². The van der Waals surface area contributed by atoms with Crippen molar-refractivity contribution < 1.29 is 4.74 Å². The second-order valence-electron chi connectivity index (χ2n) is 3.81. The van der Waals surface area contributed by atoms with E-state index in [1.807, 2.05) is 18.2 Å². The van der Waals surface area contributed by atoms with E-state index >= 15 is 0 Å². The Morgan fingerprint density at radius 1 is 1.38 bits per heavy atom. The Hall–Kier alpha value is -1.28. The van der Waals surface area contributed by atoms with Crippen molar-refractivity contribution in [3.63, 3.8) is 0 Å². The van der Waals surface area contributed by atoms with Gasteiger partial charge in [-0.05, 0) is 37.9 Å². The predicted octanol–water partition coefficient (Wildman–Crippen LogP) is 3.23. The standard InChI is InChI=1S/C14H21NO/c1-3-11-16-14-9-5-4-8-13(14)12(2)7-6-10-15/h4-5,7-9H,3,6,10-11,15H2,1-2H3/b12-7+. The monoisotopic (exact) mass is 219 g/mol. The molecule has 2 heteroatoms. The van der Waals surface area contributed by atoms with Crippen molar-refractivity contribution >= 4 is 5.57 Å². The van der Waals surface area contributed by atoms with Crippen LogP contribution in [-0.4, -0.2) is 13.2 Å². The molecule has 0 unspecified atom stereocenters. The summed E-state index contributed by atoms with van der Waals surface area (Å²) in [7, 11) is 0. The zero-order valence-corrected chi connectivity index (χ0v) is 10.2. The molecular weight excluding hydrogens is 198 g/mol. The largest absolute Gasteiger partial charge is 0.493 e. The highest BCUT2D eigenvalue weighted by molar-refractivity contribution is 5.68. The molecule has 2 nitrogen and oxygen atoms in total. The summed E-state index contributed by atoms with van der Waals surface area (Å²) < 4.78 is 5.72. The Kier molecular flexibility index (Phi) is 5.65. The average Bonchev–Trinajstić information content (AvgIpc) is 2.33. The summed E-state index contributed by atoms with van der Waals surface area (Å²) in [5.41, 5.74) is 7.90. The molecule has 0 amide bonds. The van der Waals surface area contributed by atoms with Crippen LogP contribution in [0.15, 0.2) is 30.3 Å². The molecule has 0 spiro atoms. The number of allylic oxidation sites excluding steroid dienone is 1. The molecule has 1 aromatic rings.